The summed E-state index contributed by atoms with van der Waals surface area (Å²) >= 11 is 0. The van der Waals surface area contributed by atoms with Gasteiger partial charge in [0.05, 0.1) is 12.2 Å². The molecule has 3 nitrogen and oxygen atoms in total. The molecule has 0 saturated heterocycles. The average molecular weight is 393 g/mol. The topological polar surface area (TPSA) is 60.7 Å². The summed E-state index contributed by atoms with van der Waals surface area (Å²) in [7, 11) is 0. The van der Waals surface area contributed by atoms with E-state index in [0.29, 0.717) is 58.9 Å². The molecule has 0 amide bonds. The van der Waals surface area contributed by atoms with Gasteiger partial charge in [-0.3, -0.25) is 0 Å². The van der Waals surface area contributed by atoms with Gasteiger partial charge in [0.25, 0.3) is 0 Å². The zero-order valence-electron chi connectivity index (χ0n) is 18.6. The van der Waals surface area contributed by atoms with Crippen LogP contribution in [0.2, 0.25) is 0 Å². The number of hydrogen-bond acceptors (Lipinski definition) is 3. The van der Waals surface area contributed by atoms with Crippen LogP contribution in [0.1, 0.15) is 85.5 Å². The van der Waals surface area contributed by atoms with E-state index in [-0.39, 0.29) is 12.2 Å². The first-order valence-electron chi connectivity index (χ1n) is 12.2. The van der Waals surface area contributed by atoms with Crippen molar-refractivity contribution >= 4 is 0 Å². The lowest BCUT2D eigenvalue weighted by Gasteiger charge is -2.64. The zero-order valence-corrected chi connectivity index (χ0v) is 18.6. The molecule has 3 unspecified atom stereocenters. The van der Waals surface area contributed by atoms with Gasteiger partial charge in [-0.15, -0.1) is 0 Å². The first-order valence-corrected chi connectivity index (χ1v) is 12.2. The van der Waals surface area contributed by atoms with Crippen molar-refractivity contribution in [2.75, 3.05) is 6.61 Å². The van der Waals surface area contributed by atoms with Gasteiger partial charge < -0.3 is 15.3 Å². The Hall–Kier alpha value is -0.120. The Morgan fingerprint density at radius 3 is 2.29 bits per heavy atom. The molecule has 0 aliphatic heterocycles. The van der Waals surface area contributed by atoms with E-state index in [1.165, 1.54) is 25.7 Å². The standard InChI is InChI=1S/C25H44O3/c1-5-17-21-14-16(27)8-11-25(21,4)20-9-12-24(3)18(15(2)10-13-26)6-7-19(24)22(20)23(17)28/h15-23,26-28H,5-14H2,1-4H3/t15-,16-,17-,18-,19?,20?,21+,22?,23-,24-,25-/m1/s1. The Bertz CT molecular complexity index is 564. The van der Waals surface area contributed by atoms with Gasteiger partial charge in [0, 0.05) is 6.61 Å². The molecular formula is C25H44O3. The fraction of sp³-hybridized carbons (Fsp3) is 1.00. The Labute approximate surface area is 172 Å². The van der Waals surface area contributed by atoms with E-state index in [1.807, 2.05) is 0 Å². The highest BCUT2D eigenvalue weighted by atomic mass is 16.3. The van der Waals surface area contributed by atoms with Crippen molar-refractivity contribution in [3.8, 4) is 0 Å². The number of rotatable bonds is 4. The first-order chi connectivity index (χ1) is 13.3. The fourth-order valence-corrected chi connectivity index (χ4v) is 9.34. The first kappa shape index (κ1) is 21.1. The van der Waals surface area contributed by atoms with E-state index in [1.54, 1.807) is 0 Å². The summed E-state index contributed by atoms with van der Waals surface area (Å²) < 4.78 is 0. The van der Waals surface area contributed by atoms with Crippen LogP contribution < -0.4 is 0 Å². The maximum Gasteiger partial charge on any atom is 0.0605 e. The van der Waals surface area contributed by atoms with Crippen molar-refractivity contribution in [3.63, 3.8) is 0 Å². The monoisotopic (exact) mass is 392 g/mol. The fourth-order valence-electron chi connectivity index (χ4n) is 9.34. The number of hydrogen-bond donors (Lipinski definition) is 3. The molecule has 0 aromatic carbocycles. The Morgan fingerprint density at radius 1 is 0.929 bits per heavy atom. The Kier molecular flexibility index (Phi) is 5.69. The van der Waals surface area contributed by atoms with Gasteiger partial charge in [-0.25, -0.2) is 0 Å². The van der Waals surface area contributed by atoms with Crippen molar-refractivity contribution in [1.82, 2.24) is 0 Å². The van der Waals surface area contributed by atoms with Crippen molar-refractivity contribution < 1.29 is 15.3 Å². The van der Waals surface area contributed by atoms with Crippen LogP contribution in [0.25, 0.3) is 0 Å². The predicted octanol–water partition coefficient (Wildman–Crippen LogP) is 4.63. The van der Waals surface area contributed by atoms with E-state index < -0.39 is 0 Å². The molecule has 4 aliphatic carbocycles. The molecule has 3 heteroatoms. The molecule has 0 aromatic heterocycles. The second-order valence-corrected chi connectivity index (χ2v) is 11.6. The minimum atomic E-state index is -0.199. The van der Waals surface area contributed by atoms with Gasteiger partial charge in [0.1, 0.15) is 0 Å². The Morgan fingerprint density at radius 2 is 1.61 bits per heavy atom. The third kappa shape index (κ3) is 2.94. The van der Waals surface area contributed by atoms with E-state index in [4.69, 9.17) is 0 Å². The highest BCUT2D eigenvalue weighted by Crippen LogP contribution is 2.69. The van der Waals surface area contributed by atoms with Crippen LogP contribution >= 0.6 is 0 Å². The van der Waals surface area contributed by atoms with Crippen LogP contribution in [0.3, 0.4) is 0 Å². The molecule has 4 rings (SSSR count). The molecule has 0 aromatic rings. The molecule has 3 N–H and O–H groups in total. The zero-order chi connectivity index (χ0) is 20.3. The smallest absolute Gasteiger partial charge is 0.0605 e. The summed E-state index contributed by atoms with van der Waals surface area (Å²) in [6.07, 6.45) is 9.62. The number of fused-ring (bicyclic) bond motifs is 5. The molecule has 0 radical (unpaired) electrons. The van der Waals surface area contributed by atoms with Crippen LogP contribution in [-0.2, 0) is 0 Å². The summed E-state index contributed by atoms with van der Waals surface area (Å²) in [6.45, 7) is 9.92. The summed E-state index contributed by atoms with van der Waals surface area (Å²) in [6, 6.07) is 0. The Balaban J connectivity index is 1.67. The highest BCUT2D eigenvalue weighted by molar-refractivity contribution is 5.13. The molecule has 11 atom stereocenters. The van der Waals surface area contributed by atoms with Crippen LogP contribution in [0.5, 0.6) is 0 Å². The van der Waals surface area contributed by atoms with Crippen LogP contribution in [0.15, 0.2) is 0 Å². The second kappa shape index (κ2) is 7.54. The van der Waals surface area contributed by atoms with E-state index >= 15 is 0 Å². The predicted molar refractivity (Wildman–Crippen MR) is 113 cm³/mol. The highest BCUT2D eigenvalue weighted by Gasteiger charge is 2.64. The SMILES string of the molecule is CC[C@H]1[C@@H](O)C2C3CC[C@H]([C@H](C)CCO)[C@@]3(C)CCC2[C@@]2(C)CC[C@@H](O)C[C@@H]12. The quantitative estimate of drug-likeness (QED) is 0.653. The van der Waals surface area contributed by atoms with Crippen LogP contribution in [-0.4, -0.2) is 34.1 Å². The van der Waals surface area contributed by atoms with Gasteiger partial charge in [-0.05, 0) is 104 Å². The molecule has 4 aliphatic rings. The molecular weight excluding hydrogens is 348 g/mol. The number of aliphatic hydroxyl groups excluding tert-OH is 3. The van der Waals surface area contributed by atoms with E-state index in [2.05, 4.69) is 27.7 Å². The lowest BCUT2D eigenvalue weighted by molar-refractivity contribution is -0.203. The third-order valence-electron chi connectivity index (χ3n) is 10.7. The normalized spacial score (nSPS) is 54.5. The lowest BCUT2D eigenvalue weighted by Crippen LogP contribution is -2.62. The third-order valence-corrected chi connectivity index (χ3v) is 10.7. The van der Waals surface area contributed by atoms with Crippen molar-refractivity contribution in [2.45, 2.75) is 97.7 Å². The van der Waals surface area contributed by atoms with E-state index in [0.717, 1.165) is 32.1 Å². The van der Waals surface area contributed by atoms with Crippen LogP contribution in [0.4, 0.5) is 0 Å². The molecule has 28 heavy (non-hydrogen) atoms. The molecule has 4 saturated carbocycles. The maximum absolute atomic E-state index is 11.7. The molecule has 0 bridgehead atoms. The second-order valence-electron chi connectivity index (χ2n) is 11.6. The largest absolute Gasteiger partial charge is 0.396 e. The van der Waals surface area contributed by atoms with Gasteiger partial charge in [-0.1, -0.05) is 34.1 Å². The maximum atomic E-state index is 11.7. The molecule has 0 heterocycles. The summed E-state index contributed by atoms with van der Waals surface area (Å²) in [5.74, 6) is 3.78. The van der Waals surface area contributed by atoms with Gasteiger partial charge in [0.2, 0.25) is 0 Å². The van der Waals surface area contributed by atoms with Gasteiger partial charge in [0.15, 0.2) is 0 Å². The van der Waals surface area contributed by atoms with Gasteiger partial charge in [-0.2, -0.15) is 0 Å². The molecule has 4 fully saturated rings. The van der Waals surface area contributed by atoms with Crippen LogP contribution in [0, 0.1) is 52.3 Å². The lowest BCUT2D eigenvalue weighted by atomic mass is 9.41. The minimum absolute atomic E-state index is 0.167. The van der Waals surface area contributed by atoms with Crippen molar-refractivity contribution in [3.05, 3.63) is 0 Å². The van der Waals surface area contributed by atoms with Crippen molar-refractivity contribution in [2.24, 2.45) is 52.3 Å². The van der Waals surface area contributed by atoms with Crippen molar-refractivity contribution in [1.29, 1.82) is 0 Å². The van der Waals surface area contributed by atoms with Gasteiger partial charge >= 0.3 is 0 Å². The summed E-state index contributed by atoms with van der Waals surface area (Å²) in [5, 5.41) is 31.6. The average Bonchev–Trinajstić information content (AvgIpc) is 3.01. The summed E-state index contributed by atoms with van der Waals surface area (Å²) in [5.41, 5.74) is 0.617. The minimum Gasteiger partial charge on any atom is -0.396 e. The van der Waals surface area contributed by atoms with E-state index in [9.17, 15) is 15.3 Å². The molecule has 0 spiro atoms. The number of aliphatic hydroxyl groups is 3. The molecule has 162 valence electrons. The summed E-state index contributed by atoms with van der Waals surface area (Å²) in [4.78, 5) is 0.